The van der Waals surface area contributed by atoms with Crippen LogP contribution in [0.15, 0.2) is 48.5 Å². The summed E-state index contributed by atoms with van der Waals surface area (Å²) < 4.78 is 5.94. The first-order valence-corrected chi connectivity index (χ1v) is 12.0. The van der Waals surface area contributed by atoms with Gasteiger partial charge in [0, 0.05) is 23.8 Å². The van der Waals surface area contributed by atoms with Crippen LogP contribution >= 0.6 is 11.6 Å². The molecule has 1 amide bonds. The predicted molar refractivity (Wildman–Crippen MR) is 127 cm³/mol. The molecule has 1 heterocycles. The van der Waals surface area contributed by atoms with Crippen molar-refractivity contribution in [3.8, 4) is 5.75 Å². The summed E-state index contributed by atoms with van der Waals surface area (Å²) in [5, 5.41) is 3.84. The molecule has 1 N–H and O–H groups in total. The van der Waals surface area contributed by atoms with Gasteiger partial charge in [0.15, 0.2) is 0 Å². The highest BCUT2D eigenvalue weighted by molar-refractivity contribution is 6.30. The smallest absolute Gasteiger partial charge is 0.235 e. The zero-order chi connectivity index (χ0) is 21.7. The molecule has 1 saturated carbocycles. The van der Waals surface area contributed by atoms with Crippen molar-refractivity contribution in [1.29, 1.82) is 0 Å². The summed E-state index contributed by atoms with van der Waals surface area (Å²) in [6.07, 6.45) is 6.50. The van der Waals surface area contributed by atoms with E-state index in [4.69, 9.17) is 16.3 Å². The van der Waals surface area contributed by atoms with Crippen LogP contribution < -0.4 is 10.1 Å². The first-order valence-electron chi connectivity index (χ1n) is 11.6. The number of piperidine rings is 1. The Morgan fingerprint density at radius 1 is 1.10 bits per heavy atom. The molecule has 0 bridgehead atoms. The molecule has 5 heteroatoms. The molecule has 4 rings (SSSR count). The van der Waals surface area contributed by atoms with E-state index in [9.17, 15) is 4.79 Å². The highest BCUT2D eigenvalue weighted by atomic mass is 35.5. The summed E-state index contributed by atoms with van der Waals surface area (Å²) in [5.41, 5.74) is 1.40. The minimum absolute atomic E-state index is 0.0696. The average molecular weight is 441 g/mol. The number of ether oxygens (including phenoxy) is 1. The molecule has 0 aromatic heterocycles. The largest absolute Gasteiger partial charge is 0.492 e. The molecule has 1 aliphatic heterocycles. The fourth-order valence-corrected chi connectivity index (χ4v) is 5.19. The Morgan fingerprint density at radius 3 is 2.48 bits per heavy atom. The van der Waals surface area contributed by atoms with Gasteiger partial charge < -0.3 is 10.1 Å². The first-order chi connectivity index (χ1) is 15.0. The quantitative estimate of drug-likeness (QED) is 0.582. The average Bonchev–Trinajstić information content (AvgIpc) is 3.27. The third-order valence-electron chi connectivity index (χ3n) is 6.82. The van der Waals surface area contributed by atoms with E-state index in [2.05, 4.69) is 17.1 Å². The molecule has 2 aliphatic rings. The Morgan fingerprint density at radius 2 is 1.81 bits per heavy atom. The Hall–Kier alpha value is -2.04. The lowest BCUT2D eigenvalue weighted by Crippen LogP contribution is -2.38. The highest BCUT2D eigenvalue weighted by Crippen LogP contribution is 2.42. The standard InChI is InChI=1S/C26H33ClN2O2/c1-20-5-4-16-29(19-20)17-18-31-24-12-10-23(11-13-24)28-25(30)26(14-2-3-15-26)21-6-8-22(27)9-7-21/h6-13,20H,2-5,14-19H2,1H3,(H,28,30). The van der Waals surface area contributed by atoms with Gasteiger partial charge in [-0.15, -0.1) is 0 Å². The molecule has 1 unspecified atom stereocenters. The van der Waals surface area contributed by atoms with E-state index in [0.717, 1.165) is 55.1 Å². The monoisotopic (exact) mass is 440 g/mol. The predicted octanol–water partition coefficient (Wildman–Crippen LogP) is 5.90. The van der Waals surface area contributed by atoms with Crippen LogP contribution in [-0.2, 0) is 10.2 Å². The zero-order valence-electron chi connectivity index (χ0n) is 18.4. The molecule has 31 heavy (non-hydrogen) atoms. The summed E-state index contributed by atoms with van der Waals surface area (Å²) >= 11 is 6.06. The van der Waals surface area contributed by atoms with E-state index >= 15 is 0 Å². The van der Waals surface area contributed by atoms with Crippen LogP contribution in [0.5, 0.6) is 5.75 Å². The molecule has 1 atom stereocenters. The molecular formula is C26H33ClN2O2. The summed E-state index contributed by atoms with van der Waals surface area (Å²) in [5.74, 6) is 1.70. The Balaban J connectivity index is 1.33. The van der Waals surface area contributed by atoms with Gasteiger partial charge in [-0.3, -0.25) is 9.69 Å². The van der Waals surface area contributed by atoms with E-state index < -0.39 is 5.41 Å². The van der Waals surface area contributed by atoms with Gasteiger partial charge >= 0.3 is 0 Å². The maximum absolute atomic E-state index is 13.3. The first kappa shape index (κ1) is 22.2. The lowest BCUT2D eigenvalue weighted by atomic mass is 9.78. The Labute approximate surface area is 190 Å². The van der Waals surface area contributed by atoms with Crippen molar-refractivity contribution in [3.05, 3.63) is 59.1 Å². The van der Waals surface area contributed by atoms with Gasteiger partial charge in [-0.05, 0) is 80.1 Å². The molecule has 0 spiro atoms. The number of anilines is 1. The number of hydrogen-bond donors (Lipinski definition) is 1. The van der Waals surface area contributed by atoms with Crippen LogP contribution in [0.3, 0.4) is 0 Å². The van der Waals surface area contributed by atoms with Crippen molar-refractivity contribution in [2.24, 2.45) is 5.92 Å². The van der Waals surface area contributed by atoms with Gasteiger partial charge in [-0.25, -0.2) is 0 Å². The lowest BCUT2D eigenvalue weighted by molar-refractivity contribution is -0.121. The van der Waals surface area contributed by atoms with E-state index in [1.807, 2.05) is 48.5 Å². The molecule has 1 saturated heterocycles. The summed E-state index contributed by atoms with van der Waals surface area (Å²) in [6, 6.07) is 15.5. The van der Waals surface area contributed by atoms with E-state index in [-0.39, 0.29) is 5.91 Å². The maximum Gasteiger partial charge on any atom is 0.235 e. The van der Waals surface area contributed by atoms with Crippen LogP contribution in [0.4, 0.5) is 5.69 Å². The lowest BCUT2D eigenvalue weighted by Gasteiger charge is -2.30. The number of likely N-dealkylation sites (tertiary alicyclic amines) is 1. The molecule has 2 aromatic rings. The van der Waals surface area contributed by atoms with Gasteiger partial charge in [0.1, 0.15) is 12.4 Å². The van der Waals surface area contributed by atoms with Crippen LogP contribution in [0.25, 0.3) is 0 Å². The third kappa shape index (κ3) is 5.42. The summed E-state index contributed by atoms with van der Waals surface area (Å²) in [7, 11) is 0. The number of halogens is 1. The van der Waals surface area contributed by atoms with Crippen molar-refractivity contribution >= 4 is 23.2 Å². The van der Waals surface area contributed by atoms with Gasteiger partial charge in [-0.1, -0.05) is 43.5 Å². The maximum atomic E-state index is 13.3. The van der Waals surface area contributed by atoms with Crippen LogP contribution in [0.1, 0.15) is 51.0 Å². The van der Waals surface area contributed by atoms with Crippen LogP contribution in [0.2, 0.25) is 5.02 Å². The minimum atomic E-state index is -0.467. The Kier molecular flexibility index (Phi) is 7.19. The molecule has 4 nitrogen and oxygen atoms in total. The number of rotatable bonds is 7. The summed E-state index contributed by atoms with van der Waals surface area (Å²) in [6.45, 7) is 6.32. The van der Waals surface area contributed by atoms with Crippen LogP contribution in [0, 0.1) is 5.92 Å². The normalized spacial score (nSPS) is 21.0. The fourth-order valence-electron chi connectivity index (χ4n) is 5.06. The van der Waals surface area contributed by atoms with Gasteiger partial charge in [0.25, 0.3) is 0 Å². The second-order valence-corrected chi connectivity index (χ2v) is 9.61. The molecular weight excluding hydrogens is 408 g/mol. The number of hydrogen-bond acceptors (Lipinski definition) is 3. The van der Waals surface area contributed by atoms with Gasteiger partial charge in [0.2, 0.25) is 5.91 Å². The van der Waals surface area contributed by atoms with Crippen molar-refractivity contribution in [2.75, 3.05) is 31.6 Å². The van der Waals surface area contributed by atoms with E-state index in [0.29, 0.717) is 11.6 Å². The van der Waals surface area contributed by atoms with Crippen molar-refractivity contribution < 1.29 is 9.53 Å². The van der Waals surface area contributed by atoms with Crippen molar-refractivity contribution in [1.82, 2.24) is 4.90 Å². The number of nitrogens with one attached hydrogen (secondary N) is 1. The highest BCUT2D eigenvalue weighted by Gasteiger charge is 2.42. The number of nitrogens with zero attached hydrogens (tertiary/aromatic N) is 1. The third-order valence-corrected chi connectivity index (χ3v) is 7.07. The second-order valence-electron chi connectivity index (χ2n) is 9.17. The van der Waals surface area contributed by atoms with E-state index in [1.54, 1.807) is 0 Å². The Bertz CT molecular complexity index is 860. The van der Waals surface area contributed by atoms with E-state index in [1.165, 1.54) is 25.9 Å². The number of benzene rings is 2. The van der Waals surface area contributed by atoms with Crippen molar-refractivity contribution in [3.63, 3.8) is 0 Å². The number of amides is 1. The summed E-state index contributed by atoms with van der Waals surface area (Å²) in [4.78, 5) is 15.8. The van der Waals surface area contributed by atoms with Gasteiger partial charge in [-0.2, -0.15) is 0 Å². The second kappa shape index (κ2) is 10.1. The molecule has 2 aromatic carbocycles. The number of carbonyl (C=O) groups is 1. The molecule has 2 fully saturated rings. The SMILES string of the molecule is CC1CCCN(CCOc2ccc(NC(=O)C3(c4ccc(Cl)cc4)CCCC3)cc2)C1. The number of carbonyl (C=O) groups excluding carboxylic acids is 1. The molecule has 0 radical (unpaired) electrons. The minimum Gasteiger partial charge on any atom is -0.492 e. The molecule has 1 aliphatic carbocycles. The zero-order valence-corrected chi connectivity index (χ0v) is 19.2. The fraction of sp³-hybridized carbons (Fsp3) is 0.500. The van der Waals surface area contributed by atoms with Crippen LogP contribution in [-0.4, -0.2) is 37.0 Å². The van der Waals surface area contributed by atoms with Gasteiger partial charge in [0.05, 0.1) is 5.41 Å². The van der Waals surface area contributed by atoms with Crippen molar-refractivity contribution in [2.45, 2.75) is 50.9 Å². The topological polar surface area (TPSA) is 41.6 Å². The molecule has 166 valence electrons.